The van der Waals surface area contributed by atoms with Gasteiger partial charge in [-0.2, -0.15) is 26.3 Å². The van der Waals surface area contributed by atoms with Gasteiger partial charge in [0.05, 0.1) is 24.7 Å². The van der Waals surface area contributed by atoms with E-state index in [1.54, 1.807) is 0 Å². The van der Waals surface area contributed by atoms with Gasteiger partial charge in [0.1, 0.15) is 13.2 Å². The maximum Gasteiger partial charge on any atom is 0.416 e. The Kier molecular flexibility index (Phi) is 8.87. The highest BCUT2D eigenvalue weighted by Gasteiger charge is 2.39. The third-order valence-corrected chi connectivity index (χ3v) is 6.50. The Morgan fingerprint density at radius 3 is 2.36 bits per heavy atom. The van der Waals surface area contributed by atoms with Crippen molar-refractivity contribution >= 4 is 23.6 Å². The molecule has 1 saturated heterocycles. The second kappa shape index (κ2) is 12.1. The van der Waals surface area contributed by atoms with E-state index in [1.807, 2.05) is 0 Å². The first kappa shape index (κ1) is 30.9. The number of aliphatic hydroxyl groups is 1. The average Bonchev–Trinajstić information content (AvgIpc) is 3.45. The number of carbonyl (C=O) groups excluding carboxylic acids is 2. The SMILES string of the molecule is O=C(Cn1nc(-c2ccc(Cl)cc2)n(CC(O)C(F)(F)F)c1=O)NC(CN1CCOC1=O)c1cccc(C(F)(F)F)c1. The number of rotatable bonds is 9. The zero-order valence-electron chi connectivity index (χ0n) is 21.3. The number of carbonyl (C=O) groups is 2. The molecule has 0 bridgehead atoms. The first-order chi connectivity index (χ1) is 19.6. The van der Waals surface area contributed by atoms with E-state index in [4.69, 9.17) is 16.3 Å². The second-order valence-corrected chi connectivity index (χ2v) is 9.68. The number of cyclic esters (lactones) is 1. The van der Waals surface area contributed by atoms with E-state index in [-0.39, 0.29) is 41.7 Å². The highest BCUT2D eigenvalue weighted by Crippen LogP contribution is 2.31. The van der Waals surface area contributed by atoms with Crippen molar-refractivity contribution in [3.05, 3.63) is 75.2 Å². The first-order valence-corrected chi connectivity index (χ1v) is 12.6. The molecule has 1 aliphatic heterocycles. The predicted octanol–water partition coefficient (Wildman–Crippen LogP) is 3.62. The van der Waals surface area contributed by atoms with Crippen molar-refractivity contribution in [2.45, 2.75) is 37.6 Å². The molecule has 42 heavy (non-hydrogen) atoms. The van der Waals surface area contributed by atoms with Crippen LogP contribution in [-0.4, -0.2) is 68.3 Å². The number of hydrogen-bond donors (Lipinski definition) is 2. The van der Waals surface area contributed by atoms with Gasteiger partial charge in [0, 0.05) is 17.1 Å². The Labute approximate surface area is 238 Å². The molecule has 2 heterocycles. The molecular weight excluding hydrogens is 600 g/mol. The van der Waals surface area contributed by atoms with Gasteiger partial charge in [-0.25, -0.2) is 14.3 Å². The van der Waals surface area contributed by atoms with E-state index in [9.17, 15) is 45.8 Å². The average molecular weight is 622 g/mol. The van der Waals surface area contributed by atoms with Crippen molar-refractivity contribution in [3.63, 3.8) is 0 Å². The van der Waals surface area contributed by atoms with Gasteiger partial charge in [-0.15, -0.1) is 5.10 Å². The van der Waals surface area contributed by atoms with E-state index < -0.39 is 60.8 Å². The van der Waals surface area contributed by atoms with Crippen LogP contribution in [0.2, 0.25) is 5.02 Å². The molecule has 2 atom stereocenters. The van der Waals surface area contributed by atoms with Crippen molar-refractivity contribution in [3.8, 4) is 11.4 Å². The van der Waals surface area contributed by atoms with Crippen LogP contribution in [0.1, 0.15) is 17.2 Å². The molecule has 2 unspecified atom stereocenters. The number of nitrogens with one attached hydrogen (secondary N) is 1. The molecule has 1 aliphatic rings. The van der Waals surface area contributed by atoms with E-state index in [1.165, 1.54) is 35.2 Å². The fourth-order valence-electron chi connectivity index (χ4n) is 4.15. The maximum absolute atomic E-state index is 13.3. The van der Waals surface area contributed by atoms with E-state index in [0.717, 1.165) is 18.2 Å². The van der Waals surface area contributed by atoms with Crippen LogP contribution in [0.5, 0.6) is 0 Å². The summed E-state index contributed by atoms with van der Waals surface area (Å²) in [6.45, 7) is -2.21. The molecular formula is C25H22ClF6N5O5. The van der Waals surface area contributed by atoms with Crippen molar-refractivity contribution in [1.82, 2.24) is 24.6 Å². The lowest BCUT2D eigenvalue weighted by Crippen LogP contribution is -2.41. The summed E-state index contributed by atoms with van der Waals surface area (Å²) in [4.78, 5) is 39.2. The summed E-state index contributed by atoms with van der Waals surface area (Å²) in [6, 6.07) is 8.37. The Morgan fingerprint density at radius 2 is 1.76 bits per heavy atom. The topological polar surface area (TPSA) is 119 Å². The van der Waals surface area contributed by atoms with Crippen molar-refractivity contribution in [1.29, 1.82) is 0 Å². The Morgan fingerprint density at radius 1 is 1.07 bits per heavy atom. The lowest BCUT2D eigenvalue weighted by molar-refractivity contribution is -0.207. The molecule has 1 fully saturated rings. The van der Waals surface area contributed by atoms with Crippen LogP contribution in [0.4, 0.5) is 31.1 Å². The molecule has 17 heteroatoms. The van der Waals surface area contributed by atoms with Gasteiger partial charge in [0.15, 0.2) is 11.9 Å². The number of halogens is 7. The second-order valence-electron chi connectivity index (χ2n) is 9.24. The van der Waals surface area contributed by atoms with Crippen LogP contribution < -0.4 is 11.0 Å². The molecule has 1 aromatic heterocycles. The number of ether oxygens (including phenoxy) is 1. The molecule has 2 N–H and O–H groups in total. The number of nitrogens with zero attached hydrogens (tertiary/aromatic N) is 4. The van der Waals surface area contributed by atoms with Crippen molar-refractivity contribution in [2.75, 3.05) is 19.7 Å². The Balaban J connectivity index is 1.64. The van der Waals surface area contributed by atoms with Gasteiger partial charge in [-0.05, 0) is 42.0 Å². The fraction of sp³-hybridized carbons (Fsp3) is 0.360. The van der Waals surface area contributed by atoms with Gasteiger partial charge in [0.2, 0.25) is 5.91 Å². The summed E-state index contributed by atoms with van der Waals surface area (Å²) in [7, 11) is 0. The lowest BCUT2D eigenvalue weighted by Gasteiger charge is -2.24. The maximum atomic E-state index is 13.3. The summed E-state index contributed by atoms with van der Waals surface area (Å²) in [5.41, 5.74) is -2.03. The summed E-state index contributed by atoms with van der Waals surface area (Å²) in [5, 5.41) is 16.3. The zero-order valence-corrected chi connectivity index (χ0v) is 22.1. The minimum Gasteiger partial charge on any atom is -0.448 e. The summed E-state index contributed by atoms with van der Waals surface area (Å²) < 4.78 is 85.2. The first-order valence-electron chi connectivity index (χ1n) is 12.2. The number of aliphatic hydroxyl groups excluding tert-OH is 1. The van der Waals surface area contributed by atoms with Crippen LogP contribution in [0.3, 0.4) is 0 Å². The van der Waals surface area contributed by atoms with Crippen LogP contribution in [0.25, 0.3) is 11.4 Å². The molecule has 4 rings (SSSR count). The zero-order chi connectivity index (χ0) is 30.8. The highest BCUT2D eigenvalue weighted by molar-refractivity contribution is 6.30. The standard InChI is InChI=1S/C25H22ClF6N5O5/c26-17-6-4-14(5-7-17)21-34-37(22(40)36(21)12-19(38)25(30,31)32)13-20(39)33-18(11-35-8-9-42-23(35)41)15-2-1-3-16(10-15)24(27,28)29/h1-7,10,18-19,38H,8-9,11-13H2,(H,33,39). The predicted molar refractivity (Wildman–Crippen MR) is 134 cm³/mol. The third-order valence-electron chi connectivity index (χ3n) is 6.25. The molecule has 2 amide bonds. The van der Waals surface area contributed by atoms with Gasteiger partial charge < -0.3 is 20.1 Å². The quantitative estimate of drug-likeness (QED) is 0.353. The van der Waals surface area contributed by atoms with E-state index in [0.29, 0.717) is 9.25 Å². The molecule has 0 saturated carbocycles. The summed E-state index contributed by atoms with van der Waals surface area (Å²) >= 11 is 5.86. The van der Waals surface area contributed by atoms with Gasteiger partial charge in [-0.1, -0.05) is 23.7 Å². The Bertz CT molecular complexity index is 1510. The van der Waals surface area contributed by atoms with E-state index in [2.05, 4.69) is 10.4 Å². The van der Waals surface area contributed by atoms with Crippen LogP contribution in [0.15, 0.2) is 53.3 Å². The molecule has 0 radical (unpaired) electrons. The smallest absolute Gasteiger partial charge is 0.416 e. The number of alkyl halides is 6. The lowest BCUT2D eigenvalue weighted by atomic mass is 10.0. The third kappa shape index (κ3) is 7.23. The fourth-order valence-corrected chi connectivity index (χ4v) is 4.28. The molecule has 2 aromatic carbocycles. The van der Waals surface area contributed by atoms with Gasteiger partial charge in [-0.3, -0.25) is 9.36 Å². The monoisotopic (exact) mass is 621 g/mol. The molecule has 10 nitrogen and oxygen atoms in total. The highest BCUT2D eigenvalue weighted by atomic mass is 35.5. The van der Waals surface area contributed by atoms with Crippen molar-refractivity contribution in [2.24, 2.45) is 0 Å². The van der Waals surface area contributed by atoms with Crippen LogP contribution >= 0.6 is 11.6 Å². The molecule has 226 valence electrons. The summed E-state index contributed by atoms with van der Waals surface area (Å²) in [5.74, 6) is -1.25. The molecule has 0 aliphatic carbocycles. The van der Waals surface area contributed by atoms with Crippen molar-refractivity contribution < 1.29 is 45.8 Å². The van der Waals surface area contributed by atoms with Crippen LogP contribution in [0, 0.1) is 0 Å². The number of amides is 2. The summed E-state index contributed by atoms with van der Waals surface area (Å²) in [6.07, 6.45) is -13.4. The van der Waals surface area contributed by atoms with Gasteiger partial charge in [0.25, 0.3) is 0 Å². The minimum absolute atomic E-state index is 0.00842. The normalized spacial score (nSPS) is 15.4. The number of hydrogen-bond acceptors (Lipinski definition) is 6. The van der Waals surface area contributed by atoms with E-state index >= 15 is 0 Å². The minimum atomic E-state index is -5.06. The van der Waals surface area contributed by atoms with Crippen LogP contribution in [-0.2, 0) is 28.8 Å². The molecule has 0 spiro atoms. The number of aromatic nitrogens is 3. The van der Waals surface area contributed by atoms with Gasteiger partial charge >= 0.3 is 24.1 Å². The number of benzene rings is 2. The molecule has 3 aromatic rings. The Hall–Kier alpha value is -4.05. The largest absolute Gasteiger partial charge is 0.448 e.